The Bertz CT molecular complexity index is 579. The second kappa shape index (κ2) is 5.14. The van der Waals surface area contributed by atoms with Gasteiger partial charge in [-0.3, -0.25) is 0 Å². The van der Waals surface area contributed by atoms with E-state index in [0.29, 0.717) is 11.3 Å². The smallest absolute Gasteiger partial charge is 0.346 e. The number of carbonyl (C=O) groups is 2. The van der Waals surface area contributed by atoms with Gasteiger partial charge >= 0.3 is 11.9 Å². The largest absolute Gasteiger partial charge is 0.399 e. The van der Waals surface area contributed by atoms with E-state index in [0.717, 1.165) is 0 Å². The molecule has 0 heterocycles. The number of esters is 2. The lowest BCUT2D eigenvalue weighted by atomic mass is 10.2. The second-order valence-electron chi connectivity index (χ2n) is 3.67. The van der Waals surface area contributed by atoms with Crippen molar-refractivity contribution in [3.05, 3.63) is 65.7 Å². The van der Waals surface area contributed by atoms with E-state index < -0.39 is 11.9 Å². The molecule has 2 N–H and O–H groups in total. The van der Waals surface area contributed by atoms with Crippen molar-refractivity contribution in [1.82, 2.24) is 0 Å². The van der Waals surface area contributed by atoms with Crippen LogP contribution in [0.1, 0.15) is 20.7 Å². The average molecular weight is 241 g/mol. The van der Waals surface area contributed by atoms with Crippen LogP contribution in [0.5, 0.6) is 0 Å². The van der Waals surface area contributed by atoms with Gasteiger partial charge in [0.15, 0.2) is 0 Å². The summed E-state index contributed by atoms with van der Waals surface area (Å²) in [7, 11) is 0. The van der Waals surface area contributed by atoms with Gasteiger partial charge in [-0.1, -0.05) is 24.3 Å². The van der Waals surface area contributed by atoms with Crippen LogP contribution >= 0.6 is 0 Å². The normalized spacial score (nSPS) is 9.78. The number of nitrogen functional groups attached to an aromatic ring is 1. The number of ether oxygens (including phenoxy) is 1. The van der Waals surface area contributed by atoms with E-state index in [1.807, 2.05) is 0 Å². The zero-order valence-corrected chi connectivity index (χ0v) is 9.50. The summed E-state index contributed by atoms with van der Waals surface area (Å²) in [5, 5.41) is 0. The van der Waals surface area contributed by atoms with E-state index in [1.165, 1.54) is 12.1 Å². The fourth-order valence-electron chi connectivity index (χ4n) is 1.44. The van der Waals surface area contributed by atoms with Crippen molar-refractivity contribution >= 4 is 17.6 Å². The third kappa shape index (κ3) is 2.74. The zero-order valence-electron chi connectivity index (χ0n) is 9.50. The molecule has 0 aromatic heterocycles. The highest BCUT2D eigenvalue weighted by Gasteiger charge is 2.14. The lowest BCUT2D eigenvalue weighted by Crippen LogP contribution is -2.12. The molecule has 0 unspecified atom stereocenters. The lowest BCUT2D eigenvalue weighted by Gasteiger charge is -2.03. The number of carbonyl (C=O) groups excluding carboxylic acids is 2. The van der Waals surface area contributed by atoms with E-state index >= 15 is 0 Å². The lowest BCUT2D eigenvalue weighted by molar-refractivity contribution is 0.0398. The van der Waals surface area contributed by atoms with Gasteiger partial charge in [0, 0.05) is 5.69 Å². The third-order valence-corrected chi connectivity index (χ3v) is 2.32. The minimum absolute atomic E-state index is 0.249. The van der Waals surface area contributed by atoms with E-state index in [4.69, 9.17) is 10.5 Å². The monoisotopic (exact) mass is 241 g/mol. The average Bonchev–Trinajstić information content (AvgIpc) is 2.39. The maximum absolute atomic E-state index is 11.7. The Balaban J connectivity index is 2.11. The molecule has 4 heteroatoms. The van der Waals surface area contributed by atoms with Crippen LogP contribution in [0.15, 0.2) is 54.6 Å². The summed E-state index contributed by atoms with van der Waals surface area (Å²) in [6, 6.07) is 14.6. The van der Waals surface area contributed by atoms with Crippen LogP contribution < -0.4 is 5.73 Å². The van der Waals surface area contributed by atoms with Gasteiger partial charge in [0.25, 0.3) is 0 Å². The number of anilines is 1. The first kappa shape index (κ1) is 11.9. The van der Waals surface area contributed by atoms with Gasteiger partial charge < -0.3 is 10.5 Å². The zero-order chi connectivity index (χ0) is 13.0. The Morgan fingerprint density at radius 1 is 0.833 bits per heavy atom. The molecule has 2 aromatic carbocycles. The van der Waals surface area contributed by atoms with Crippen LogP contribution in [0.25, 0.3) is 0 Å². The van der Waals surface area contributed by atoms with Crippen molar-refractivity contribution in [2.75, 3.05) is 5.73 Å². The predicted octanol–water partition coefficient (Wildman–Crippen LogP) is 2.27. The first-order chi connectivity index (χ1) is 8.66. The van der Waals surface area contributed by atoms with Gasteiger partial charge in [0.2, 0.25) is 0 Å². The molecule has 0 spiro atoms. The Labute approximate surface area is 104 Å². The van der Waals surface area contributed by atoms with E-state index in [9.17, 15) is 9.59 Å². The summed E-state index contributed by atoms with van der Waals surface area (Å²) < 4.78 is 4.74. The number of hydrogen-bond donors (Lipinski definition) is 1. The summed E-state index contributed by atoms with van der Waals surface area (Å²) in [4.78, 5) is 23.3. The Morgan fingerprint density at radius 2 is 1.44 bits per heavy atom. The SMILES string of the molecule is Nc1cccc(C(=O)OC(=O)c2ccccc2)c1. The molecule has 0 bridgehead atoms. The van der Waals surface area contributed by atoms with Gasteiger partial charge in [0.1, 0.15) is 0 Å². The van der Waals surface area contributed by atoms with Gasteiger partial charge in [0.05, 0.1) is 11.1 Å². The molecule has 0 saturated heterocycles. The van der Waals surface area contributed by atoms with Crippen molar-refractivity contribution in [3.8, 4) is 0 Å². The van der Waals surface area contributed by atoms with Crippen molar-refractivity contribution in [2.24, 2.45) is 0 Å². The van der Waals surface area contributed by atoms with Crippen molar-refractivity contribution in [2.45, 2.75) is 0 Å². The van der Waals surface area contributed by atoms with Crippen LogP contribution in [-0.2, 0) is 4.74 Å². The Morgan fingerprint density at radius 3 is 2.11 bits per heavy atom. The number of benzene rings is 2. The fraction of sp³-hybridized carbons (Fsp3) is 0. The molecule has 4 nitrogen and oxygen atoms in total. The Kier molecular flexibility index (Phi) is 3.38. The summed E-state index contributed by atoms with van der Waals surface area (Å²) in [6.45, 7) is 0. The minimum atomic E-state index is -0.712. The molecular formula is C14H11NO3. The molecule has 2 rings (SSSR count). The van der Waals surface area contributed by atoms with Crippen molar-refractivity contribution in [3.63, 3.8) is 0 Å². The minimum Gasteiger partial charge on any atom is -0.399 e. The summed E-state index contributed by atoms with van der Waals surface area (Å²) in [6.07, 6.45) is 0. The van der Waals surface area contributed by atoms with Crippen molar-refractivity contribution < 1.29 is 14.3 Å². The van der Waals surface area contributed by atoms with Gasteiger partial charge in [-0.15, -0.1) is 0 Å². The maximum atomic E-state index is 11.7. The summed E-state index contributed by atoms with van der Waals surface area (Å²) in [5.41, 5.74) is 6.56. The molecule has 0 aliphatic carbocycles. The van der Waals surface area contributed by atoms with Crippen LogP contribution in [0, 0.1) is 0 Å². The van der Waals surface area contributed by atoms with Gasteiger partial charge in [-0.2, -0.15) is 0 Å². The predicted molar refractivity (Wildman–Crippen MR) is 67.0 cm³/mol. The second-order valence-corrected chi connectivity index (χ2v) is 3.67. The van der Waals surface area contributed by atoms with E-state index in [2.05, 4.69) is 0 Å². The molecule has 0 atom stereocenters. The van der Waals surface area contributed by atoms with E-state index in [-0.39, 0.29) is 5.56 Å². The number of rotatable bonds is 2. The standard InChI is InChI=1S/C14H11NO3/c15-12-8-4-7-11(9-12)14(17)18-13(16)10-5-2-1-3-6-10/h1-9H,15H2. The van der Waals surface area contributed by atoms with Crippen LogP contribution in [0.3, 0.4) is 0 Å². The molecule has 18 heavy (non-hydrogen) atoms. The third-order valence-electron chi connectivity index (χ3n) is 2.32. The molecule has 2 aromatic rings. The first-order valence-electron chi connectivity index (χ1n) is 5.34. The molecule has 0 aliphatic rings. The molecule has 0 fully saturated rings. The molecule has 0 aliphatic heterocycles. The first-order valence-corrected chi connectivity index (χ1v) is 5.34. The molecular weight excluding hydrogens is 230 g/mol. The fourth-order valence-corrected chi connectivity index (χ4v) is 1.44. The maximum Gasteiger partial charge on any atom is 0.346 e. The molecule has 0 amide bonds. The van der Waals surface area contributed by atoms with Crippen molar-refractivity contribution in [1.29, 1.82) is 0 Å². The highest BCUT2D eigenvalue weighted by molar-refractivity contribution is 6.02. The quantitative estimate of drug-likeness (QED) is 0.497. The van der Waals surface area contributed by atoms with Gasteiger partial charge in [-0.25, -0.2) is 9.59 Å². The highest BCUT2D eigenvalue weighted by Crippen LogP contribution is 2.09. The Hall–Kier alpha value is -2.62. The van der Waals surface area contributed by atoms with Gasteiger partial charge in [-0.05, 0) is 30.3 Å². The molecule has 0 saturated carbocycles. The van der Waals surface area contributed by atoms with Crippen LogP contribution in [-0.4, -0.2) is 11.9 Å². The highest BCUT2D eigenvalue weighted by atomic mass is 16.6. The number of nitrogens with two attached hydrogens (primary N) is 1. The van der Waals surface area contributed by atoms with Crippen LogP contribution in [0.4, 0.5) is 5.69 Å². The summed E-state index contributed by atoms with van der Waals surface area (Å²) >= 11 is 0. The summed E-state index contributed by atoms with van der Waals surface area (Å²) in [5.74, 6) is -1.39. The van der Waals surface area contributed by atoms with Crippen LogP contribution in [0.2, 0.25) is 0 Å². The molecule has 90 valence electrons. The number of hydrogen-bond acceptors (Lipinski definition) is 4. The van der Waals surface area contributed by atoms with E-state index in [1.54, 1.807) is 42.5 Å². The topological polar surface area (TPSA) is 69.4 Å². The molecule has 0 radical (unpaired) electrons.